The van der Waals surface area contributed by atoms with Gasteiger partial charge >= 0.3 is 0 Å². The largest absolute Gasteiger partial charge is 0.325 e. The molecule has 32 heavy (non-hydrogen) atoms. The fourth-order valence-electron chi connectivity index (χ4n) is 3.32. The van der Waals surface area contributed by atoms with Crippen molar-refractivity contribution < 1.29 is 4.79 Å². The molecule has 1 N–H and O–H groups in total. The number of halogens is 1. The highest BCUT2D eigenvalue weighted by Crippen LogP contribution is 2.24. The maximum absolute atomic E-state index is 12.6. The zero-order valence-corrected chi connectivity index (χ0v) is 19.2. The Morgan fingerprint density at radius 1 is 0.938 bits per heavy atom. The summed E-state index contributed by atoms with van der Waals surface area (Å²) in [7, 11) is 0. The van der Waals surface area contributed by atoms with Gasteiger partial charge in [0.2, 0.25) is 5.91 Å². The lowest BCUT2D eigenvalue weighted by atomic mass is 10.1. The molecule has 1 amide bonds. The van der Waals surface area contributed by atoms with Gasteiger partial charge in [-0.1, -0.05) is 90.1 Å². The molecule has 0 aliphatic carbocycles. The second-order valence-electron chi connectivity index (χ2n) is 7.38. The fourth-order valence-corrected chi connectivity index (χ4v) is 4.25. The first kappa shape index (κ1) is 22.1. The number of carbonyl (C=O) groups excluding carboxylic acids is 1. The van der Waals surface area contributed by atoms with E-state index in [1.54, 1.807) is 0 Å². The first-order valence-corrected chi connectivity index (χ1v) is 11.6. The highest BCUT2D eigenvalue weighted by molar-refractivity contribution is 7.99. The van der Waals surface area contributed by atoms with Crippen LogP contribution in [0.2, 0.25) is 5.02 Å². The number of carbonyl (C=O) groups is 1. The number of hydrogen-bond acceptors (Lipinski definition) is 4. The van der Waals surface area contributed by atoms with Crippen LogP contribution in [0.15, 0.2) is 84.0 Å². The summed E-state index contributed by atoms with van der Waals surface area (Å²) in [4.78, 5) is 12.6. The molecule has 0 atom stereocenters. The van der Waals surface area contributed by atoms with Crippen LogP contribution >= 0.6 is 23.4 Å². The first-order valence-electron chi connectivity index (χ1n) is 10.3. The number of nitrogens with one attached hydrogen (secondary N) is 1. The Bertz CT molecular complexity index is 1200. The van der Waals surface area contributed by atoms with E-state index in [2.05, 4.69) is 44.3 Å². The summed E-state index contributed by atoms with van der Waals surface area (Å²) in [5.74, 6) is 0.984. The van der Waals surface area contributed by atoms with Gasteiger partial charge in [0.05, 0.1) is 12.3 Å². The lowest BCUT2D eigenvalue weighted by Gasteiger charge is -2.11. The van der Waals surface area contributed by atoms with E-state index in [1.165, 1.54) is 17.3 Å². The Kier molecular flexibility index (Phi) is 7.24. The van der Waals surface area contributed by atoms with Gasteiger partial charge in [0.25, 0.3) is 0 Å². The summed E-state index contributed by atoms with van der Waals surface area (Å²) >= 11 is 7.54. The van der Waals surface area contributed by atoms with Gasteiger partial charge in [0, 0.05) is 17.1 Å². The number of rotatable bonds is 8. The second-order valence-corrected chi connectivity index (χ2v) is 8.73. The van der Waals surface area contributed by atoms with Gasteiger partial charge in [0.15, 0.2) is 5.16 Å². The van der Waals surface area contributed by atoms with Crippen molar-refractivity contribution in [2.45, 2.75) is 25.0 Å². The molecule has 7 heteroatoms. The molecule has 4 aromatic rings. The molecule has 0 aliphatic rings. The minimum Gasteiger partial charge on any atom is -0.325 e. The minimum atomic E-state index is -0.112. The summed E-state index contributed by atoms with van der Waals surface area (Å²) in [5.41, 5.74) is 3.89. The molecule has 0 fully saturated rings. The van der Waals surface area contributed by atoms with Crippen molar-refractivity contribution in [1.29, 1.82) is 0 Å². The van der Waals surface area contributed by atoms with Gasteiger partial charge in [-0.2, -0.15) is 0 Å². The molecule has 162 valence electrons. The van der Waals surface area contributed by atoms with E-state index in [-0.39, 0.29) is 11.7 Å². The van der Waals surface area contributed by atoms with E-state index in [1.807, 2.05) is 61.5 Å². The van der Waals surface area contributed by atoms with Gasteiger partial charge < -0.3 is 9.88 Å². The molecule has 0 aliphatic heterocycles. The van der Waals surface area contributed by atoms with Crippen molar-refractivity contribution in [2.75, 3.05) is 11.1 Å². The molecule has 3 aromatic carbocycles. The van der Waals surface area contributed by atoms with Crippen LogP contribution in [-0.2, 0) is 17.8 Å². The Labute approximate surface area is 196 Å². The zero-order chi connectivity index (χ0) is 22.3. The van der Waals surface area contributed by atoms with E-state index in [0.717, 1.165) is 27.8 Å². The quantitative estimate of drug-likeness (QED) is 0.346. The summed E-state index contributed by atoms with van der Waals surface area (Å²) in [6, 6.07) is 25.9. The SMILES string of the molecule is Cc1c(Cl)cccc1NC(=O)CSc1nnc(Cc2ccccc2)n1Cc1ccccc1. The van der Waals surface area contributed by atoms with Crippen LogP contribution in [0.3, 0.4) is 0 Å². The fraction of sp³-hybridized carbons (Fsp3) is 0.160. The molecule has 0 saturated carbocycles. The topological polar surface area (TPSA) is 59.8 Å². The first-order chi connectivity index (χ1) is 15.6. The molecule has 1 aromatic heterocycles. The molecule has 0 radical (unpaired) electrons. The average Bonchev–Trinajstić information content (AvgIpc) is 3.18. The van der Waals surface area contributed by atoms with Crippen LogP contribution < -0.4 is 5.32 Å². The average molecular weight is 463 g/mol. The van der Waals surface area contributed by atoms with Crippen LogP contribution in [0.5, 0.6) is 0 Å². The van der Waals surface area contributed by atoms with Crippen LogP contribution in [0, 0.1) is 6.92 Å². The molecule has 0 bridgehead atoms. The van der Waals surface area contributed by atoms with Crippen molar-refractivity contribution >= 4 is 35.0 Å². The summed E-state index contributed by atoms with van der Waals surface area (Å²) in [5, 5.41) is 13.1. The third-order valence-electron chi connectivity index (χ3n) is 5.06. The van der Waals surface area contributed by atoms with E-state index in [4.69, 9.17) is 11.6 Å². The predicted octanol–water partition coefficient (Wildman–Crippen LogP) is 5.61. The molecular formula is C25H23ClN4OS. The van der Waals surface area contributed by atoms with E-state index in [9.17, 15) is 4.79 Å². The lowest BCUT2D eigenvalue weighted by Crippen LogP contribution is -2.16. The summed E-state index contributed by atoms with van der Waals surface area (Å²) in [6.45, 7) is 2.53. The smallest absolute Gasteiger partial charge is 0.234 e. The molecule has 4 rings (SSSR count). The molecule has 0 saturated heterocycles. The van der Waals surface area contributed by atoms with Gasteiger partial charge in [-0.05, 0) is 35.7 Å². The monoisotopic (exact) mass is 462 g/mol. The molecule has 0 spiro atoms. The minimum absolute atomic E-state index is 0.112. The maximum Gasteiger partial charge on any atom is 0.234 e. The number of hydrogen-bond donors (Lipinski definition) is 1. The van der Waals surface area contributed by atoms with Gasteiger partial charge in [-0.15, -0.1) is 10.2 Å². The van der Waals surface area contributed by atoms with Crippen molar-refractivity contribution in [3.63, 3.8) is 0 Å². The van der Waals surface area contributed by atoms with Crippen molar-refractivity contribution in [3.8, 4) is 0 Å². The maximum atomic E-state index is 12.6. The zero-order valence-electron chi connectivity index (χ0n) is 17.7. The number of anilines is 1. The van der Waals surface area contributed by atoms with Crippen LogP contribution in [0.4, 0.5) is 5.69 Å². The second kappa shape index (κ2) is 10.5. The summed E-state index contributed by atoms with van der Waals surface area (Å²) < 4.78 is 2.09. The van der Waals surface area contributed by atoms with E-state index in [0.29, 0.717) is 18.0 Å². The van der Waals surface area contributed by atoms with E-state index < -0.39 is 0 Å². The van der Waals surface area contributed by atoms with E-state index >= 15 is 0 Å². The molecule has 1 heterocycles. The van der Waals surface area contributed by atoms with Gasteiger partial charge in [-0.25, -0.2) is 0 Å². The number of thioether (sulfide) groups is 1. The lowest BCUT2D eigenvalue weighted by molar-refractivity contribution is -0.113. The van der Waals surface area contributed by atoms with Crippen molar-refractivity contribution in [1.82, 2.24) is 14.8 Å². The standard InChI is InChI=1S/C25H23ClN4OS/c1-18-21(26)13-8-14-22(18)27-24(31)17-32-25-29-28-23(15-19-9-4-2-5-10-19)30(25)16-20-11-6-3-7-12-20/h2-14H,15-17H2,1H3,(H,27,31). The number of benzene rings is 3. The van der Waals surface area contributed by atoms with Crippen molar-refractivity contribution in [3.05, 3.63) is 106 Å². The molecular weight excluding hydrogens is 440 g/mol. The third-order valence-corrected chi connectivity index (χ3v) is 6.43. The highest BCUT2D eigenvalue weighted by atomic mass is 35.5. The number of nitrogens with zero attached hydrogens (tertiary/aromatic N) is 3. The van der Waals surface area contributed by atoms with Gasteiger partial charge in [0.1, 0.15) is 5.82 Å². The number of aromatic nitrogens is 3. The van der Waals surface area contributed by atoms with Gasteiger partial charge in [-0.3, -0.25) is 4.79 Å². The Balaban J connectivity index is 1.50. The highest BCUT2D eigenvalue weighted by Gasteiger charge is 2.16. The Morgan fingerprint density at radius 3 is 2.34 bits per heavy atom. The molecule has 0 unspecified atom stereocenters. The van der Waals surface area contributed by atoms with Crippen LogP contribution in [0.1, 0.15) is 22.5 Å². The molecule has 5 nitrogen and oxygen atoms in total. The normalized spacial score (nSPS) is 10.8. The number of amides is 1. The third kappa shape index (κ3) is 5.58. The predicted molar refractivity (Wildman–Crippen MR) is 130 cm³/mol. The van der Waals surface area contributed by atoms with Crippen molar-refractivity contribution in [2.24, 2.45) is 0 Å². The summed E-state index contributed by atoms with van der Waals surface area (Å²) in [6.07, 6.45) is 0.676. The van der Waals surface area contributed by atoms with Crippen LogP contribution in [-0.4, -0.2) is 26.4 Å². The van der Waals surface area contributed by atoms with Crippen LogP contribution in [0.25, 0.3) is 0 Å². The Hall–Kier alpha value is -3.09. The Morgan fingerprint density at radius 2 is 1.62 bits per heavy atom.